The molecule has 0 spiro atoms. The number of methoxy groups -OCH3 is 1. The van der Waals surface area contributed by atoms with Crippen molar-refractivity contribution < 1.29 is 22.7 Å². The van der Waals surface area contributed by atoms with Crippen molar-refractivity contribution >= 4 is 27.5 Å². The maximum absolute atomic E-state index is 12.4. The number of hydrogen-bond acceptors (Lipinski definition) is 5. The molecule has 0 saturated carbocycles. The van der Waals surface area contributed by atoms with Crippen molar-refractivity contribution in [2.75, 3.05) is 32.1 Å². The summed E-state index contributed by atoms with van der Waals surface area (Å²) >= 11 is 0. The number of sulfonamides is 1. The Morgan fingerprint density at radius 1 is 1.10 bits per heavy atom. The van der Waals surface area contributed by atoms with Crippen LogP contribution in [0.2, 0.25) is 0 Å². The number of carbonyl (C=O) groups excluding carboxylic acids is 2. The first-order valence-corrected chi connectivity index (χ1v) is 11.0. The molecule has 0 radical (unpaired) electrons. The van der Waals surface area contributed by atoms with Crippen LogP contribution < -0.4 is 14.8 Å². The lowest BCUT2D eigenvalue weighted by Gasteiger charge is -2.20. The summed E-state index contributed by atoms with van der Waals surface area (Å²) in [7, 11) is -2.15. The Morgan fingerprint density at radius 2 is 1.80 bits per heavy atom. The summed E-state index contributed by atoms with van der Waals surface area (Å²) in [6.45, 7) is 3.77. The van der Waals surface area contributed by atoms with Crippen molar-refractivity contribution in [3.05, 3.63) is 54.1 Å². The van der Waals surface area contributed by atoms with E-state index in [-0.39, 0.29) is 36.2 Å². The SMILES string of the molecule is CCN(CC(=O)Nc1cccc(OC)c1)C(=O)CCNS(=O)(=O)c1ccc(C)cc1. The third-order valence-corrected chi connectivity index (χ3v) is 5.86. The molecule has 2 aromatic rings. The van der Waals surface area contributed by atoms with Crippen LogP contribution in [0.25, 0.3) is 0 Å². The molecule has 0 aliphatic heterocycles. The molecule has 0 bridgehead atoms. The van der Waals surface area contributed by atoms with Crippen molar-refractivity contribution in [1.82, 2.24) is 9.62 Å². The van der Waals surface area contributed by atoms with Gasteiger partial charge >= 0.3 is 0 Å². The molecule has 0 fully saturated rings. The summed E-state index contributed by atoms with van der Waals surface area (Å²) < 4.78 is 32.1. The zero-order valence-electron chi connectivity index (χ0n) is 17.3. The van der Waals surface area contributed by atoms with E-state index in [2.05, 4.69) is 10.0 Å². The highest BCUT2D eigenvalue weighted by molar-refractivity contribution is 7.89. The highest BCUT2D eigenvalue weighted by Gasteiger charge is 2.18. The number of anilines is 1. The predicted octanol–water partition coefficient (Wildman–Crippen LogP) is 2.16. The third kappa shape index (κ3) is 6.85. The lowest BCUT2D eigenvalue weighted by atomic mass is 10.2. The van der Waals surface area contributed by atoms with Crippen LogP contribution in [0.5, 0.6) is 5.75 Å². The molecule has 0 aliphatic carbocycles. The number of rotatable bonds is 10. The monoisotopic (exact) mass is 433 g/mol. The topological polar surface area (TPSA) is 105 Å². The first-order chi connectivity index (χ1) is 14.2. The number of benzene rings is 2. The number of amides is 2. The van der Waals surface area contributed by atoms with Gasteiger partial charge in [-0.15, -0.1) is 0 Å². The summed E-state index contributed by atoms with van der Waals surface area (Å²) in [5.41, 5.74) is 1.52. The lowest BCUT2D eigenvalue weighted by molar-refractivity contribution is -0.134. The lowest BCUT2D eigenvalue weighted by Crippen LogP contribution is -2.39. The molecule has 0 saturated heterocycles. The Bertz CT molecular complexity index is 974. The minimum atomic E-state index is -3.69. The normalized spacial score (nSPS) is 11.0. The van der Waals surface area contributed by atoms with Gasteiger partial charge in [-0.05, 0) is 38.1 Å². The minimum absolute atomic E-state index is 0.0502. The van der Waals surface area contributed by atoms with Gasteiger partial charge in [-0.3, -0.25) is 9.59 Å². The molecule has 0 heterocycles. The largest absolute Gasteiger partial charge is 0.497 e. The van der Waals surface area contributed by atoms with Gasteiger partial charge < -0.3 is 15.0 Å². The average Bonchev–Trinajstić information content (AvgIpc) is 2.72. The van der Waals surface area contributed by atoms with Gasteiger partial charge in [0.1, 0.15) is 5.75 Å². The average molecular weight is 434 g/mol. The smallest absolute Gasteiger partial charge is 0.243 e. The van der Waals surface area contributed by atoms with Gasteiger partial charge in [0, 0.05) is 31.3 Å². The van der Waals surface area contributed by atoms with Gasteiger partial charge in [0.05, 0.1) is 18.6 Å². The van der Waals surface area contributed by atoms with E-state index in [4.69, 9.17) is 4.74 Å². The van der Waals surface area contributed by atoms with Crippen LogP contribution in [0.1, 0.15) is 18.9 Å². The number of nitrogens with one attached hydrogen (secondary N) is 2. The van der Waals surface area contributed by atoms with Gasteiger partial charge in [-0.2, -0.15) is 0 Å². The highest BCUT2D eigenvalue weighted by atomic mass is 32.2. The van der Waals surface area contributed by atoms with Crippen LogP contribution in [0.4, 0.5) is 5.69 Å². The van der Waals surface area contributed by atoms with Crippen LogP contribution in [-0.2, 0) is 19.6 Å². The summed E-state index contributed by atoms with van der Waals surface area (Å²) in [6.07, 6.45) is -0.0502. The van der Waals surface area contributed by atoms with E-state index in [1.54, 1.807) is 43.3 Å². The summed E-state index contributed by atoms with van der Waals surface area (Å²) in [5, 5.41) is 2.72. The minimum Gasteiger partial charge on any atom is -0.497 e. The molecular weight excluding hydrogens is 406 g/mol. The fourth-order valence-corrected chi connectivity index (χ4v) is 3.73. The van der Waals surface area contributed by atoms with Crippen molar-refractivity contribution in [2.45, 2.75) is 25.2 Å². The standard InChI is InChI=1S/C21H27N3O5S/c1-4-24(15-20(25)23-17-6-5-7-18(14-17)29-3)21(26)12-13-22-30(27,28)19-10-8-16(2)9-11-19/h5-11,14,22H,4,12-13,15H2,1-3H3,(H,23,25). The molecule has 30 heavy (non-hydrogen) atoms. The van der Waals surface area contributed by atoms with Crippen molar-refractivity contribution in [3.8, 4) is 5.75 Å². The first-order valence-electron chi connectivity index (χ1n) is 9.53. The second kappa shape index (κ2) is 10.7. The van der Waals surface area contributed by atoms with Gasteiger partial charge in [-0.1, -0.05) is 23.8 Å². The summed E-state index contributed by atoms with van der Waals surface area (Å²) in [5.74, 6) is -0.0549. The molecule has 2 aromatic carbocycles. The van der Waals surface area contributed by atoms with Gasteiger partial charge in [0.15, 0.2) is 0 Å². The van der Waals surface area contributed by atoms with E-state index in [1.165, 1.54) is 24.1 Å². The predicted molar refractivity (Wildman–Crippen MR) is 115 cm³/mol. The van der Waals surface area contributed by atoms with E-state index < -0.39 is 10.0 Å². The first kappa shape index (κ1) is 23.4. The second-order valence-electron chi connectivity index (χ2n) is 6.65. The molecule has 0 atom stereocenters. The molecule has 2 N–H and O–H groups in total. The molecule has 0 aromatic heterocycles. The van der Waals surface area contributed by atoms with Crippen LogP contribution in [0, 0.1) is 6.92 Å². The van der Waals surface area contributed by atoms with Crippen LogP contribution in [-0.4, -0.2) is 51.9 Å². The molecule has 2 amide bonds. The van der Waals surface area contributed by atoms with Crippen molar-refractivity contribution in [1.29, 1.82) is 0 Å². The molecule has 162 valence electrons. The molecule has 2 rings (SSSR count). The van der Waals surface area contributed by atoms with Crippen LogP contribution >= 0.6 is 0 Å². The number of likely N-dealkylation sites (N-methyl/N-ethyl adjacent to an activating group) is 1. The number of carbonyl (C=O) groups is 2. The quantitative estimate of drug-likeness (QED) is 0.597. The Labute approximate surface area is 177 Å². The van der Waals surface area contributed by atoms with Crippen molar-refractivity contribution in [3.63, 3.8) is 0 Å². The molecule has 8 nitrogen and oxygen atoms in total. The highest BCUT2D eigenvalue weighted by Crippen LogP contribution is 2.16. The van der Waals surface area contributed by atoms with Gasteiger partial charge in [-0.25, -0.2) is 13.1 Å². The summed E-state index contributed by atoms with van der Waals surface area (Å²) in [6, 6.07) is 13.3. The van der Waals surface area contributed by atoms with E-state index in [0.717, 1.165) is 5.56 Å². The van der Waals surface area contributed by atoms with E-state index in [0.29, 0.717) is 18.0 Å². The van der Waals surface area contributed by atoms with Gasteiger partial charge in [0.25, 0.3) is 0 Å². The number of hydrogen-bond donors (Lipinski definition) is 2. The fourth-order valence-electron chi connectivity index (χ4n) is 2.70. The Kier molecular flexibility index (Phi) is 8.37. The zero-order chi connectivity index (χ0) is 22.1. The van der Waals surface area contributed by atoms with E-state index in [9.17, 15) is 18.0 Å². The van der Waals surface area contributed by atoms with Crippen LogP contribution in [0.15, 0.2) is 53.4 Å². The molecular formula is C21H27N3O5S. The molecule has 0 unspecified atom stereocenters. The third-order valence-electron chi connectivity index (χ3n) is 4.38. The number of nitrogens with zero attached hydrogens (tertiary/aromatic N) is 1. The maximum atomic E-state index is 12.4. The van der Waals surface area contributed by atoms with Crippen LogP contribution in [0.3, 0.4) is 0 Å². The number of ether oxygens (including phenoxy) is 1. The maximum Gasteiger partial charge on any atom is 0.243 e. The van der Waals surface area contributed by atoms with E-state index in [1.807, 2.05) is 6.92 Å². The summed E-state index contributed by atoms with van der Waals surface area (Å²) in [4.78, 5) is 26.2. The number of aryl methyl sites for hydroxylation is 1. The Hall–Kier alpha value is -2.91. The Balaban J connectivity index is 1.86. The molecule has 9 heteroatoms. The van der Waals surface area contributed by atoms with Crippen molar-refractivity contribution in [2.24, 2.45) is 0 Å². The van der Waals surface area contributed by atoms with Gasteiger partial charge in [0.2, 0.25) is 21.8 Å². The zero-order valence-corrected chi connectivity index (χ0v) is 18.2. The molecule has 0 aliphatic rings. The van der Waals surface area contributed by atoms with E-state index >= 15 is 0 Å². The Morgan fingerprint density at radius 3 is 2.43 bits per heavy atom. The fraction of sp³-hybridized carbons (Fsp3) is 0.333. The second-order valence-corrected chi connectivity index (χ2v) is 8.42.